The maximum atomic E-state index is 12.3. The fourth-order valence-corrected chi connectivity index (χ4v) is 2.64. The minimum atomic E-state index is -0.345. The van der Waals surface area contributed by atoms with Crippen molar-refractivity contribution in [2.75, 3.05) is 5.32 Å². The molecule has 0 fully saturated rings. The highest BCUT2D eigenvalue weighted by molar-refractivity contribution is 6.30. The molecule has 0 aliphatic rings. The summed E-state index contributed by atoms with van der Waals surface area (Å²) < 4.78 is 0. The van der Waals surface area contributed by atoms with Crippen molar-refractivity contribution >= 4 is 35.3 Å². The number of halogens is 1. The lowest BCUT2D eigenvalue weighted by molar-refractivity contribution is 0.0954. The van der Waals surface area contributed by atoms with Gasteiger partial charge in [0.05, 0.1) is 6.21 Å². The third-order valence-electron chi connectivity index (χ3n) is 4.04. The van der Waals surface area contributed by atoms with Crippen LogP contribution in [-0.2, 0) is 0 Å². The molecule has 0 unspecified atom stereocenters. The van der Waals surface area contributed by atoms with Gasteiger partial charge in [0.15, 0.2) is 0 Å². The molecule has 2 N–H and O–H groups in total. The molecule has 3 aromatic carbocycles. The predicted octanol–water partition coefficient (Wildman–Crippen LogP) is 4.66. The van der Waals surface area contributed by atoms with E-state index in [1.54, 1.807) is 54.6 Å². The van der Waals surface area contributed by atoms with Gasteiger partial charge in [-0.25, -0.2) is 5.43 Å². The average molecular weight is 392 g/mol. The monoisotopic (exact) mass is 391 g/mol. The summed E-state index contributed by atoms with van der Waals surface area (Å²) in [5.41, 5.74) is 5.83. The number of nitrogens with zero attached hydrogens (tertiary/aromatic N) is 1. The average Bonchev–Trinajstić information content (AvgIpc) is 2.70. The molecular weight excluding hydrogens is 374 g/mol. The zero-order chi connectivity index (χ0) is 19.9. The number of anilines is 1. The molecule has 0 aromatic heterocycles. The summed E-state index contributed by atoms with van der Waals surface area (Å²) in [6.45, 7) is 1.88. The summed E-state index contributed by atoms with van der Waals surface area (Å²) in [6.07, 6.45) is 1.53. The van der Waals surface area contributed by atoms with Gasteiger partial charge < -0.3 is 5.32 Å². The van der Waals surface area contributed by atoms with Crippen LogP contribution in [0.2, 0.25) is 5.02 Å². The van der Waals surface area contributed by atoms with Crippen molar-refractivity contribution < 1.29 is 9.59 Å². The fraction of sp³-hybridized carbons (Fsp3) is 0.0455. The standard InChI is InChI=1S/C22H18ClN3O2/c1-15-4-2-3-5-20(15)22(28)25-19-12-8-17(9-13-19)21(27)26-24-14-16-6-10-18(23)11-7-16/h2-14H,1H3,(H,25,28)(H,26,27). The minimum absolute atomic E-state index is 0.192. The van der Waals surface area contributed by atoms with Gasteiger partial charge in [-0.05, 0) is 60.5 Å². The Bertz CT molecular complexity index is 1010. The van der Waals surface area contributed by atoms with Crippen LogP contribution < -0.4 is 10.7 Å². The maximum Gasteiger partial charge on any atom is 0.271 e. The highest BCUT2D eigenvalue weighted by atomic mass is 35.5. The van der Waals surface area contributed by atoms with E-state index in [4.69, 9.17) is 11.6 Å². The van der Waals surface area contributed by atoms with Crippen molar-refractivity contribution in [2.24, 2.45) is 5.10 Å². The number of hydrogen-bond acceptors (Lipinski definition) is 3. The highest BCUT2D eigenvalue weighted by Crippen LogP contribution is 2.14. The SMILES string of the molecule is Cc1ccccc1C(=O)Nc1ccc(C(=O)NN=Cc2ccc(Cl)cc2)cc1. The topological polar surface area (TPSA) is 70.6 Å². The van der Waals surface area contributed by atoms with Gasteiger partial charge in [-0.3, -0.25) is 9.59 Å². The molecule has 3 aromatic rings. The van der Waals surface area contributed by atoms with Crippen LogP contribution in [0.5, 0.6) is 0 Å². The predicted molar refractivity (Wildman–Crippen MR) is 112 cm³/mol. The van der Waals surface area contributed by atoms with Crippen LogP contribution in [0.25, 0.3) is 0 Å². The second-order valence-corrected chi connectivity index (χ2v) is 6.53. The highest BCUT2D eigenvalue weighted by Gasteiger charge is 2.09. The largest absolute Gasteiger partial charge is 0.322 e. The van der Waals surface area contributed by atoms with Crippen molar-refractivity contribution in [3.05, 3.63) is 100 Å². The van der Waals surface area contributed by atoms with Gasteiger partial charge >= 0.3 is 0 Å². The quantitative estimate of drug-likeness (QED) is 0.490. The van der Waals surface area contributed by atoms with E-state index in [1.165, 1.54) is 6.21 Å². The Labute approximate surface area is 168 Å². The number of aryl methyl sites for hydroxylation is 1. The fourth-order valence-electron chi connectivity index (χ4n) is 2.51. The van der Waals surface area contributed by atoms with Crippen LogP contribution >= 0.6 is 11.6 Å². The molecule has 3 rings (SSSR count). The molecule has 0 aliphatic heterocycles. The second-order valence-electron chi connectivity index (χ2n) is 6.10. The first kappa shape index (κ1) is 19.3. The zero-order valence-corrected chi connectivity index (χ0v) is 15.9. The number of benzene rings is 3. The molecule has 0 atom stereocenters. The Balaban J connectivity index is 1.59. The van der Waals surface area contributed by atoms with Crippen LogP contribution in [0.1, 0.15) is 31.8 Å². The summed E-state index contributed by atoms with van der Waals surface area (Å²) in [5, 5.41) is 7.39. The van der Waals surface area contributed by atoms with Gasteiger partial charge in [0.1, 0.15) is 0 Å². The number of hydrazone groups is 1. The van der Waals surface area contributed by atoms with Crippen LogP contribution in [0.3, 0.4) is 0 Å². The third-order valence-corrected chi connectivity index (χ3v) is 4.30. The van der Waals surface area contributed by atoms with E-state index in [0.29, 0.717) is 21.8 Å². The van der Waals surface area contributed by atoms with E-state index in [0.717, 1.165) is 11.1 Å². The van der Waals surface area contributed by atoms with E-state index in [9.17, 15) is 9.59 Å². The number of carbonyl (C=O) groups excluding carboxylic acids is 2. The smallest absolute Gasteiger partial charge is 0.271 e. The Kier molecular flexibility index (Phi) is 6.19. The van der Waals surface area contributed by atoms with E-state index >= 15 is 0 Å². The molecule has 5 nitrogen and oxygen atoms in total. The molecule has 0 spiro atoms. The normalized spacial score (nSPS) is 10.6. The first-order valence-electron chi connectivity index (χ1n) is 8.59. The molecular formula is C22H18ClN3O2. The number of hydrogen-bond donors (Lipinski definition) is 2. The molecule has 0 bridgehead atoms. The van der Waals surface area contributed by atoms with Gasteiger partial charge in [-0.15, -0.1) is 0 Å². The van der Waals surface area contributed by atoms with Crippen molar-refractivity contribution in [1.29, 1.82) is 0 Å². The van der Waals surface area contributed by atoms with Crippen molar-refractivity contribution in [2.45, 2.75) is 6.92 Å². The molecule has 0 radical (unpaired) electrons. The Morgan fingerprint density at radius 2 is 1.57 bits per heavy atom. The maximum absolute atomic E-state index is 12.3. The summed E-state index contributed by atoms with van der Waals surface area (Å²) in [5.74, 6) is -0.537. The van der Waals surface area contributed by atoms with Gasteiger partial charge in [0.2, 0.25) is 0 Å². The van der Waals surface area contributed by atoms with Crippen molar-refractivity contribution in [3.8, 4) is 0 Å². The van der Waals surface area contributed by atoms with E-state index < -0.39 is 0 Å². The lowest BCUT2D eigenvalue weighted by Gasteiger charge is -2.08. The summed E-state index contributed by atoms with van der Waals surface area (Å²) in [4.78, 5) is 24.5. The zero-order valence-electron chi connectivity index (χ0n) is 15.1. The summed E-state index contributed by atoms with van der Waals surface area (Å²) >= 11 is 5.82. The summed E-state index contributed by atoms with van der Waals surface area (Å²) in [7, 11) is 0. The molecule has 0 saturated heterocycles. The molecule has 2 amide bonds. The lowest BCUT2D eigenvalue weighted by Crippen LogP contribution is -2.18. The molecule has 28 heavy (non-hydrogen) atoms. The Morgan fingerprint density at radius 3 is 2.25 bits per heavy atom. The van der Waals surface area contributed by atoms with Gasteiger partial charge in [0.25, 0.3) is 11.8 Å². The molecule has 0 heterocycles. The van der Waals surface area contributed by atoms with Gasteiger partial charge in [-0.2, -0.15) is 5.10 Å². The Morgan fingerprint density at radius 1 is 0.893 bits per heavy atom. The van der Waals surface area contributed by atoms with Crippen LogP contribution in [0.4, 0.5) is 5.69 Å². The lowest BCUT2D eigenvalue weighted by atomic mass is 10.1. The first-order chi connectivity index (χ1) is 13.5. The van der Waals surface area contributed by atoms with Crippen molar-refractivity contribution in [3.63, 3.8) is 0 Å². The molecule has 0 saturated carbocycles. The van der Waals surface area contributed by atoms with Crippen molar-refractivity contribution in [1.82, 2.24) is 5.43 Å². The summed E-state index contributed by atoms with van der Waals surface area (Å²) in [6, 6.07) is 21.0. The van der Waals surface area contributed by atoms with Crippen LogP contribution in [0.15, 0.2) is 77.9 Å². The molecule has 0 aliphatic carbocycles. The molecule has 6 heteroatoms. The number of carbonyl (C=O) groups is 2. The van der Waals surface area contributed by atoms with E-state index in [1.807, 2.05) is 25.1 Å². The van der Waals surface area contributed by atoms with Gasteiger partial charge in [-0.1, -0.05) is 41.9 Å². The van der Waals surface area contributed by atoms with Crippen LogP contribution in [-0.4, -0.2) is 18.0 Å². The first-order valence-corrected chi connectivity index (χ1v) is 8.97. The number of nitrogens with one attached hydrogen (secondary N) is 2. The van der Waals surface area contributed by atoms with E-state index in [2.05, 4.69) is 15.8 Å². The van der Waals surface area contributed by atoms with E-state index in [-0.39, 0.29) is 11.8 Å². The third kappa shape index (κ3) is 5.05. The van der Waals surface area contributed by atoms with Crippen LogP contribution in [0, 0.1) is 6.92 Å². The minimum Gasteiger partial charge on any atom is -0.322 e. The molecule has 140 valence electrons. The number of rotatable bonds is 5. The van der Waals surface area contributed by atoms with Gasteiger partial charge in [0, 0.05) is 21.8 Å². The Hall–Kier alpha value is -3.44. The second kappa shape index (κ2) is 8.97. The number of amides is 2.